The molecule has 1 fully saturated rings. The van der Waals surface area contributed by atoms with Gasteiger partial charge in [0.2, 0.25) is 0 Å². The second-order valence-corrected chi connectivity index (χ2v) is 6.70. The van der Waals surface area contributed by atoms with Gasteiger partial charge in [-0.15, -0.1) is 0 Å². The lowest BCUT2D eigenvalue weighted by molar-refractivity contribution is 0.0157. The number of nitrogens with one attached hydrogen (secondary N) is 1. The number of carbonyl (C=O) groups excluding carboxylic acids is 1. The molecule has 0 spiro atoms. The SMILES string of the molecule is CCOc1ccccc1Nc1nc2ccccc2nc1C(=O)OC[C@H]1CCCO1. The molecule has 7 heteroatoms. The highest BCUT2D eigenvalue weighted by atomic mass is 16.6. The molecule has 7 nitrogen and oxygen atoms in total. The minimum Gasteiger partial charge on any atom is -0.492 e. The number of hydrogen-bond donors (Lipinski definition) is 1. The Kier molecular flexibility index (Phi) is 5.86. The van der Waals surface area contributed by atoms with Gasteiger partial charge in [0.15, 0.2) is 11.5 Å². The van der Waals surface area contributed by atoms with Crippen LogP contribution in [0.4, 0.5) is 11.5 Å². The van der Waals surface area contributed by atoms with Crippen molar-refractivity contribution in [1.29, 1.82) is 0 Å². The number of hydrogen-bond acceptors (Lipinski definition) is 7. The van der Waals surface area contributed by atoms with Gasteiger partial charge in [-0.1, -0.05) is 24.3 Å². The van der Waals surface area contributed by atoms with E-state index in [0.29, 0.717) is 41.5 Å². The summed E-state index contributed by atoms with van der Waals surface area (Å²) < 4.78 is 16.7. The van der Waals surface area contributed by atoms with Crippen molar-refractivity contribution in [3.05, 3.63) is 54.2 Å². The maximum Gasteiger partial charge on any atom is 0.360 e. The highest BCUT2D eigenvalue weighted by molar-refractivity contribution is 5.96. The number of aromatic nitrogens is 2. The third-order valence-corrected chi connectivity index (χ3v) is 4.63. The van der Waals surface area contributed by atoms with E-state index in [-0.39, 0.29) is 18.4 Å². The summed E-state index contributed by atoms with van der Waals surface area (Å²) >= 11 is 0. The molecule has 1 saturated heterocycles. The van der Waals surface area contributed by atoms with Crippen LogP contribution in [0.1, 0.15) is 30.3 Å². The summed E-state index contributed by atoms with van der Waals surface area (Å²) in [6.07, 6.45) is 1.82. The number of rotatable bonds is 7. The van der Waals surface area contributed by atoms with Gasteiger partial charge in [-0.2, -0.15) is 0 Å². The van der Waals surface area contributed by atoms with E-state index < -0.39 is 5.97 Å². The molecule has 0 aliphatic carbocycles. The van der Waals surface area contributed by atoms with E-state index in [1.165, 1.54) is 0 Å². The summed E-state index contributed by atoms with van der Waals surface area (Å²) in [6.45, 7) is 3.36. The monoisotopic (exact) mass is 393 g/mol. The summed E-state index contributed by atoms with van der Waals surface area (Å²) in [5.41, 5.74) is 2.14. The van der Waals surface area contributed by atoms with Crippen molar-refractivity contribution in [2.45, 2.75) is 25.9 Å². The predicted molar refractivity (Wildman–Crippen MR) is 110 cm³/mol. The Labute approximate surface area is 169 Å². The first-order valence-corrected chi connectivity index (χ1v) is 9.79. The zero-order valence-electron chi connectivity index (χ0n) is 16.3. The van der Waals surface area contributed by atoms with E-state index >= 15 is 0 Å². The highest BCUT2D eigenvalue weighted by Gasteiger charge is 2.22. The Morgan fingerprint density at radius 3 is 2.66 bits per heavy atom. The van der Waals surface area contributed by atoms with Gasteiger partial charge in [0.25, 0.3) is 0 Å². The summed E-state index contributed by atoms with van der Waals surface area (Å²) in [4.78, 5) is 21.9. The van der Waals surface area contributed by atoms with Gasteiger partial charge >= 0.3 is 5.97 Å². The van der Waals surface area contributed by atoms with Crippen LogP contribution in [0.3, 0.4) is 0 Å². The van der Waals surface area contributed by atoms with Crippen molar-refractivity contribution < 1.29 is 19.0 Å². The van der Waals surface area contributed by atoms with Crippen molar-refractivity contribution in [1.82, 2.24) is 9.97 Å². The van der Waals surface area contributed by atoms with Gasteiger partial charge in [0.05, 0.1) is 29.4 Å². The zero-order valence-corrected chi connectivity index (χ0v) is 16.3. The maximum atomic E-state index is 12.8. The van der Waals surface area contributed by atoms with Crippen molar-refractivity contribution in [2.75, 3.05) is 25.1 Å². The largest absolute Gasteiger partial charge is 0.492 e. The van der Waals surface area contributed by atoms with Crippen molar-refractivity contribution in [3.63, 3.8) is 0 Å². The molecule has 1 aliphatic heterocycles. The van der Waals surface area contributed by atoms with E-state index in [2.05, 4.69) is 15.3 Å². The number of ether oxygens (including phenoxy) is 3. The number of anilines is 2. The standard InChI is InChI=1S/C22H23N3O4/c1-2-27-19-12-6-5-11-18(19)25-21-20(22(26)29-14-15-8-7-13-28-15)23-16-9-3-4-10-17(16)24-21/h3-6,9-12,15H,2,7-8,13-14H2,1H3,(H,24,25)/t15-/m1/s1. The number of carbonyl (C=O) groups is 1. The fraction of sp³-hybridized carbons (Fsp3) is 0.318. The first kappa shape index (κ1) is 19.1. The minimum atomic E-state index is -0.532. The van der Waals surface area contributed by atoms with E-state index in [1.807, 2.05) is 55.5 Å². The Bertz CT molecular complexity index is 1000. The van der Waals surface area contributed by atoms with Gasteiger partial charge in [-0.05, 0) is 44.0 Å². The van der Waals surface area contributed by atoms with E-state index in [4.69, 9.17) is 14.2 Å². The number of fused-ring (bicyclic) bond motifs is 1. The van der Waals surface area contributed by atoms with Crippen LogP contribution in [0, 0.1) is 0 Å². The van der Waals surface area contributed by atoms with Crippen LogP contribution in [0.25, 0.3) is 11.0 Å². The molecule has 0 unspecified atom stereocenters. The van der Waals surface area contributed by atoms with Crippen molar-refractivity contribution >= 4 is 28.5 Å². The fourth-order valence-corrected chi connectivity index (χ4v) is 3.22. The molecule has 0 amide bonds. The molecule has 1 aliphatic rings. The summed E-state index contributed by atoms with van der Waals surface area (Å²) in [6, 6.07) is 14.9. The second kappa shape index (κ2) is 8.87. The lowest BCUT2D eigenvalue weighted by Crippen LogP contribution is -2.20. The molecule has 3 aromatic rings. The van der Waals surface area contributed by atoms with Crippen LogP contribution >= 0.6 is 0 Å². The molecule has 150 valence electrons. The Morgan fingerprint density at radius 2 is 1.90 bits per heavy atom. The molecular weight excluding hydrogens is 370 g/mol. The number of benzene rings is 2. The van der Waals surface area contributed by atoms with Crippen LogP contribution in [0.5, 0.6) is 5.75 Å². The molecule has 0 saturated carbocycles. The van der Waals surface area contributed by atoms with E-state index in [9.17, 15) is 4.79 Å². The quantitative estimate of drug-likeness (QED) is 0.605. The highest BCUT2D eigenvalue weighted by Crippen LogP contribution is 2.29. The molecule has 4 rings (SSSR count). The smallest absolute Gasteiger partial charge is 0.360 e. The van der Waals surface area contributed by atoms with Crippen LogP contribution in [-0.4, -0.2) is 41.9 Å². The summed E-state index contributed by atoms with van der Waals surface area (Å²) in [5.74, 6) is 0.465. The predicted octanol–water partition coefficient (Wildman–Crippen LogP) is 4.11. The first-order valence-electron chi connectivity index (χ1n) is 9.79. The van der Waals surface area contributed by atoms with Crippen LogP contribution in [-0.2, 0) is 9.47 Å². The van der Waals surface area contributed by atoms with Crippen molar-refractivity contribution in [2.24, 2.45) is 0 Å². The van der Waals surface area contributed by atoms with Crippen LogP contribution in [0.2, 0.25) is 0 Å². The molecule has 2 heterocycles. The number of esters is 1. The van der Waals surface area contributed by atoms with Gasteiger partial charge in [-0.3, -0.25) is 0 Å². The molecule has 2 aromatic carbocycles. The lowest BCUT2D eigenvalue weighted by atomic mass is 10.2. The molecule has 0 bridgehead atoms. The Balaban J connectivity index is 1.65. The van der Waals surface area contributed by atoms with Gasteiger partial charge in [-0.25, -0.2) is 14.8 Å². The number of para-hydroxylation sites is 4. The molecule has 1 N–H and O–H groups in total. The van der Waals surface area contributed by atoms with Crippen LogP contribution < -0.4 is 10.1 Å². The van der Waals surface area contributed by atoms with Crippen molar-refractivity contribution in [3.8, 4) is 5.75 Å². The van der Waals surface area contributed by atoms with Gasteiger partial charge in [0, 0.05) is 6.61 Å². The van der Waals surface area contributed by atoms with Crippen LogP contribution in [0.15, 0.2) is 48.5 Å². The van der Waals surface area contributed by atoms with E-state index in [0.717, 1.165) is 12.8 Å². The molecule has 1 aromatic heterocycles. The number of nitrogens with zero attached hydrogens (tertiary/aromatic N) is 2. The topological polar surface area (TPSA) is 82.6 Å². The fourth-order valence-electron chi connectivity index (χ4n) is 3.22. The lowest BCUT2D eigenvalue weighted by Gasteiger charge is -2.15. The Hall–Kier alpha value is -3.19. The average molecular weight is 393 g/mol. The zero-order chi connectivity index (χ0) is 20.1. The summed E-state index contributed by atoms with van der Waals surface area (Å²) in [7, 11) is 0. The molecule has 0 radical (unpaired) electrons. The third-order valence-electron chi connectivity index (χ3n) is 4.63. The normalized spacial score (nSPS) is 16.0. The molecular formula is C22H23N3O4. The third kappa shape index (κ3) is 4.46. The van der Waals surface area contributed by atoms with Gasteiger partial charge < -0.3 is 19.5 Å². The second-order valence-electron chi connectivity index (χ2n) is 6.70. The van der Waals surface area contributed by atoms with E-state index in [1.54, 1.807) is 0 Å². The molecule has 29 heavy (non-hydrogen) atoms. The Morgan fingerprint density at radius 1 is 1.14 bits per heavy atom. The minimum absolute atomic E-state index is 0.0533. The van der Waals surface area contributed by atoms with Gasteiger partial charge in [0.1, 0.15) is 12.4 Å². The molecule has 1 atom stereocenters. The first-order chi connectivity index (χ1) is 14.2. The maximum absolute atomic E-state index is 12.8. The average Bonchev–Trinajstić information content (AvgIpc) is 3.27. The summed E-state index contributed by atoms with van der Waals surface area (Å²) in [5, 5.41) is 3.20.